The number of hydrogen-bond acceptors (Lipinski definition) is 3. The number of hydrogen-bond donors (Lipinski definition) is 1. The average Bonchev–Trinajstić information content (AvgIpc) is 2.48. The highest BCUT2D eigenvalue weighted by Gasteiger charge is 2.15. The van der Waals surface area contributed by atoms with Gasteiger partial charge in [0.05, 0.1) is 12.4 Å². The van der Waals surface area contributed by atoms with Gasteiger partial charge in [0.15, 0.2) is 0 Å². The topological polar surface area (TPSA) is 38.3 Å². The van der Waals surface area contributed by atoms with E-state index in [1.807, 2.05) is 24.3 Å². The van der Waals surface area contributed by atoms with Crippen molar-refractivity contribution in [1.29, 1.82) is 0 Å². The van der Waals surface area contributed by atoms with Crippen molar-refractivity contribution in [2.45, 2.75) is 38.1 Å². The van der Waals surface area contributed by atoms with E-state index in [9.17, 15) is 4.79 Å². The maximum absolute atomic E-state index is 11.8. The van der Waals surface area contributed by atoms with Crippen molar-refractivity contribution in [3.8, 4) is 5.75 Å². The van der Waals surface area contributed by atoms with Crippen molar-refractivity contribution >= 4 is 33.6 Å². The minimum atomic E-state index is 0.161. The lowest BCUT2D eigenvalue weighted by Gasteiger charge is -2.22. The molecule has 21 heavy (non-hydrogen) atoms. The number of ether oxygens (including phenoxy) is 1. The molecular weight excluding hydrogens is 350 g/mol. The first-order valence-electron chi connectivity index (χ1n) is 7.49. The lowest BCUT2D eigenvalue weighted by molar-refractivity contribution is -0.119. The molecular formula is C16H22BrNO2S. The zero-order chi connectivity index (χ0) is 14.9. The predicted octanol–water partition coefficient (Wildman–Crippen LogP) is 4.01. The van der Waals surface area contributed by atoms with Gasteiger partial charge in [-0.2, -0.15) is 0 Å². The van der Waals surface area contributed by atoms with E-state index in [0.29, 0.717) is 18.4 Å². The third-order valence-electron chi connectivity index (χ3n) is 3.50. The molecule has 0 heterocycles. The Labute approximate surface area is 139 Å². The normalized spacial score (nSPS) is 15.7. The number of amides is 1. The smallest absolute Gasteiger partial charge is 0.230 e. The fourth-order valence-electron chi connectivity index (χ4n) is 2.46. The maximum atomic E-state index is 11.8. The molecule has 1 aliphatic carbocycles. The molecule has 1 aromatic carbocycles. The van der Waals surface area contributed by atoms with Crippen molar-refractivity contribution in [3.05, 3.63) is 28.7 Å². The zero-order valence-corrected chi connectivity index (χ0v) is 14.5. The van der Waals surface area contributed by atoms with E-state index in [1.54, 1.807) is 11.8 Å². The van der Waals surface area contributed by atoms with E-state index >= 15 is 0 Å². The molecule has 0 aromatic heterocycles. The van der Waals surface area contributed by atoms with Gasteiger partial charge in [-0.1, -0.05) is 41.3 Å². The van der Waals surface area contributed by atoms with Gasteiger partial charge in [0, 0.05) is 16.3 Å². The molecule has 2 rings (SSSR count). The summed E-state index contributed by atoms with van der Waals surface area (Å²) < 4.78 is 6.65. The Morgan fingerprint density at radius 2 is 2.14 bits per heavy atom. The van der Waals surface area contributed by atoms with Crippen LogP contribution in [-0.2, 0) is 4.79 Å². The van der Waals surface area contributed by atoms with Crippen molar-refractivity contribution in [2.24, 2.45) is 0 Å². The van der Waals surface area contributed by atoms with Crippen LogP contribution in [0.15, 0.2) is 28.7 Å². The molecule has 0 unspecified atom stereocenters. The number of benzene rings is 1. The summed E-state index contributed by atoms with van der Waals surface area (Å²) in [4.78, 5) is 11.8. The first kappa shape index (κ1) is 16.7. The van der Waals surface area contributed by atoms with Crippen molar-refractivity contribution in [2.75, 3.05) is 18.1 Å². The molecule has 0 spiro atoms. The third-order valence-corrected chi connectivity index (χ3v) is 4.91. The summed E-state index contributed by atoms with van der Waals surface area (Å²) >= 11 is 5.04. The fraction of sp³-hybridized carbons (Fsp3) is 0.562. The Hall–Kier alpha value is -0.680. The molecule has 3 nitrogen and oxygen atoms in total. The highest BCUT2D eigenvalue weighted by atomic mass is 79.9. The minimum absolute atomic E-state index is 0.161. The van der Waals surface area contributed by atoms with Crippen LogP contribution in [0.2, 0.25) is 0 Å². The van der Waals surface area contributed by atoms with Crippen LogP contribution in [0.5, 0.6) is 5.75 Å². The van der Waals surface area contributed by atoms with Gasteiger partial charge < -0.3 is 10.1 Å². The Balaban J connectivity index is 1.53. The molecule has 1 amide bonds. The number of thioether (sulfide) groups is 1. The molecule has 116 valence electrons. The summed E-state index contributed by atoms with van der Waals surface area (Å²) in [6, 6.07) is 8.21. The molecule has 1 aliphatic rings. The summed E-state index contributed by atoms with van der Waals surface area (Å²) in [5.74, 6) is 2.37. The number of rotatable bonds is 7. The van der Waals surface area contributed by atoms with Crippen LogP contribution in [0, 0.1) is 0 Å². The van der Waals surface area contributed by atoms with Gasteiger partial charge in [0.2, 0.25) is 5.91 Å². The van der Waals surface area contributed by atoms with Gasteiger partial charge in [0.1, 0.15) is 5.75 Å². The molecule has 1 N–H and O–H groups in total. The molecule has 1 fully saturated rings. The summed E-state index contributed by atoms with van der Waals surface area (Å²) in [5, 5.41) is 3.13. The molecule has 0 radical (unpaired) electrons. The van der Waals surface area contributed by atoms with E-state index in [-0.39, 0.29) is 5.91 Å². The summed E-state index contributed by atoms with van der Waals surface area (Å²) in [7, 11) is 0. The first-order chi connectivity index (χ1) is 10.2. The monoisotopic (exact) mass is 371 g/mol. The predicted molar refractivity (Wildman–Crippen MR) is 92.0 cm³/mol. The standard InChI is InChI=1S/C16H22BrNO2S/c17-13-5-4-8-15(11-13)20-9-10-21-12-16(19)18-14-6-2-1-3-7-14/h4-5,8,11,14H,1-3,6-7,9-10,12H2,(H,18,19). The maximum Gasteiger partial charge on any atom is 0.230 e. The van der Waals surface area contributed by atoms with Crippen molar-refractivity contribution < 1.29 is 9.53 Å². The van der Waals surface area contributed by atoms with E-state index in [1.165, 1.54) is 19.3 Å². The second kappa shape index (κ2) is 9.36. The lowest BCUT2D eigenvalue weighted by atomic mass is 9.95. The van der Waals surface area contributed by atoms with Gasteiger partial charge in [-0.05, 0) is 31.0 Å². The van der Waals surface area contributed by atoms with Crippen LogP contribution in [0.25, 0.3) is 0 Å². The van der Waals surface area contributed by atoms with Crippen molar-refractivity contribution in [1.82, 2.24) is 5.32 Å². The van der Waals surface area contributed by atoms with Crippen LogP contribution in [0.4, 0.5) is 0 Å². The Kier molecular flexibility index (Phi) is 7.44. The van der Waals surface area contributed by atoms with Crippen LogP contribution in [0.3, 0.4) is 0 Å². The van der Waals surface area contributed by atoms with Crippen LogP contribution in [0.1, 0.15) is 32.1 Å². The van der Waals surface area contributed by atoms with E-state index in [4.69, 9.17) is 4.74 Å². The highest BCUT2D eigenvalue weighted by Crippen LogP contribution is 2.18. The number of carbonyl (C=O) groups is 1. The first-order valence-corrected chi connectivity index (χ1v) is 9.44. The van der Waals surface area contributed by atoms with Crippen LogP contribution < -0.4 is 10.1 Å². The molecule has 5 heteroatoms. The largest absolute Gasteiger partial charge is 0.493 e. The van der Waals surface area contributed by atoms with E-state index in [2.05, 4.69) is 21.2 Å². The number of nitrogens with one attached hydrogen (secondary N) is 1. The van der Waals surface area contributed by atoms with Gasteiger partial charge in [-0.15, -0.1) is 11.8 Å². The fourth-order valence-corrected chi connectivity index (χ4v) is 3.45. The molecule has 0 aliphatic heterocycles. The van der Waals surface area contributed by atoms with E-state index in [0.717, 1.165) is 28.8 Å². The van der Waals surface area contributed by atoms with Gasteiger partial charge in [-0.25, -0.2) is 0 Å². The summed E-state index contributed by atoms with van der Waals surface area (Å²) in [6.45, 7) is 0.623. The number of halogens is 1. The van der Waals surface area contributed by atoms with Crippen LogP contribution in [-0.4, -0.2) is 30.1 Å². The Morgan fingerprint density at radius 3 is 2.90 bits per heavy atom. The molecule has 1 saturated carbocycles. The molecule has 0 saturated heterocycles. The average molecular weight is 372 g/mol. The van der Waals surface area contributed by atoms with Crippen LogP contribution >= 0.6 is 27.7 Å². The molecule has 0 atom stereocenters. The van der Waals surface area contributed by atoms with Crippen molar-refractivity contribution in [3.63, 3.8) is 0 Å². The zero-order valence-electron chi connectivity index (χ0n) is 12.1. The van der Waals surface area contributed by atoms with Gasteiger partial charge in [-0.3, -0.25) is 4.79 Å². The second-order valence-electron chi connectivity index (χ2n) is 5.26. The highest BCUT2D eigenvalue weighted by molar-refractivity contribution is 9.10. The lowest BCUT2D eigenvalue weighted by Crippen LogP contribution is -2.37. The molecule has 0 bridgehead atoms. The summed E-state index contributed by atoms with van der Waals surface area (Å²) in [6.07, 6.45) is 6.09. The third kappa shape index (κ3) is 6.74. The Morgan fingerprint density at radius 1 is 1.33 bits per heavy atom. The summed E-state index contributed by atoms with van der Waals surface area (Å²) in [5.41, 5.74) is 0. The second-order valence-corrected chi connectivity index (χ2v) is 7.28. The van der Waals surface area contributed by atoms with Gasteiger partial charge in [0.25, 0.3) is 0 Å². The molecule has 1 aromatic rings. The number of carbonyl (C=O) groups excluding carboxylic acids is 1. The quantitative estimate of drug-likeness (QED) is 0.735. The van der Waals surface area contributed by atoms with Gasteiger partial charge >= 0.3 is 0 Å². The minimum Gasteiger partial charge on any atom is -0.493 e. The Bertz CT molecular complexity index is 450. The SMILES string of the molecule is O=C(CSCCOc1cccc(Br)c1)NC1CCCCC1. The van der Waals surface area contributed by atoms with E-state index < -0.39 is 0 Å².